The van der Waals surface area contributed by atoms with Crippen LogP contribution in [0.25, 0.3) is 0 Å². The average molecular weight is 351 g/mol. The minimum absolute atomic E-state index is 0.177. The first-order valence-electron chi connectivity index (χ1n) is 11.0. The molecule has 0 aliphatic carbocycles. The van der Waals surface area contributed by atoms with E-state index in [0.29, 0.717) is 0 Å². The highest BCUT2D eigenvalue weighted by Crippen LogP contribution is 2.32. The van der Waals surface area contributed by atoms with Gasteiger partial charge in [-0.25, -0.2) is 0 Å². The highest BCUT2D eigenvalue weighted by atomic mass is 16.3. The number of aliphatic hydroxyl groups is 1. The highest BCUT2D eigenvalue weighted by molar-refractivity contribution is 5.09. The van der Waals surface area contributed by atoms with Crippen molar-refractivity contribution in [3.63, 3.8) is 0 Å². The maximum atomic E-state index is 10.7. The minimum atomic E-state index is -0.917. The van der Waals surface area contributed by atoms with Crippen molar-refractivity contribution in [3.05, 3.63) is 0 Å². The summed E-state index contributed by atoms with van der Waals surface area (Å²) >= 11 is 0. The van der Waals surface area contributed by atoms with E-state index in [0.717, 1.165) is 42.9 Å². The summed E-state index contributed by atoms with van der Waals surface area (Å²) in [6, 6.07) is 0. The second-order valence-corrected chi connectivity index (χ2v) is 8.71. The van der Waals surface area contributed by atoms with Gasteiger partial charge in [-0.2, -0.15) is 0 Å². The molecule has 25 heavy (non-hydrogen) atoms. The van der Waals surface area contributed by atoms with Gasteiger partial charge < -0.3 is 5.11 Å². The molecular formula is C24H46O. The van der Waals surface area contributed by atoms with Crippen LogP contribution in [-0.4, -0.2) is 10.7 Å². The van der Waals surface area contributed by atoms with Crippen molar-refractivity contribution in [1.82, 2.24) is 0 Å². The Hall–Kier alpha value is -0.480. The van der Waals surface area contributed by atoms with E-state index in [1.165, 1.54) is 38.5 Å². The molecule has 0 spiro atoms. The summed E-state index contributed by atoms with van der Waals surface area (Å²) in [6.07, 6.45) is 16.1. The molecule has 0 heterocycles. The summed E-state index contributed by atoms with van der Waals surface area (Å²) in [5.41, 5.74) is -0.917. The third-order valence-corrected chi connectivity index (χ3v) is 7.11. The number of hydrogen-bond acceptors (Lipinski definition) is 1. The molecule has 0 radical (unpaired) electrons. The lowest BCUT2D eigenvalue weighted by Gasteiger charge is -2.30. The molecule has 1 nitrogen and oxygen atoms in total. The Morgan fingerprint density at radius 1 is 0.800 bits per heavy atom. The van der Waals surface area contributed by atoms with Crippen LogP contribution in [0.1, 0.15) is 106 Å². The van der Waals surface area contributed by atoms with Crippen molar-refractivity contribution < 1.29 is 5.11 Å². The first-order chi connectivity index (χ1) is 11.7. The van der Waals surface area contributed by atoms with Gasteiger partial charge in [0, 0.05) is 0 Å². The first-order valence-corrected chi connectivity index (χ1v) is 11.0. The number of rotatable bonds is 14. The van der Waals surface area contributed by atoms with Crippen molar-refractivity contribution in [3.8, 4) is 12.3 Å². The zero-order chi connectivity index (χ0) is 19.5. The Morgan fingerprint density at radius 3 is 1.84 bits per heavy atom. The van der Waals surface area contributed by atoms with Crippen LogP contribution in [0.15, 0.2) is 0 Å². The fourth-order valence-corrected chi connectivity index (χ4v) is 3.87. The summed E-state index contributed by atoms with van der Waals surface area (Å²) in [5.74, 6) is 6.06. The molecule has 1 N–H and O–H groups in total. The normalized spacial score (nSPS) is 20.1. The van der Waals surface area contributed by atoms with Crippen LogP contribution in [-0.2, 0) is 0 Å². The molecule has 0 aliphatic heterocycles. The highest BCUT2D eigenvalue weighted by Gasteiger charge is 2.30. The molecular weight excluding hydrogens is 304 g/mol. The van der Waals surface area contributed by atoms with Gasteiger partial charge in [-0.05, 0) is 48.9 Å². The summed E-state index contributed by atoms with van der Waals surface area (Å²) < 4.78 is 0. The summed E-state index contributed by atoms with van der Waals surface area (Å²) in [6.45, 7) is 16.0. The van der Waals surface area contributed by atoms with E-state index in [1.807, 2.05) is 0 Å². The van der Waals surface area contributed by atoms with E-state index in [9.17, 15) is 5.11 Å². The van der Waals surface area contributed by atoms with Crippen molar-refractivity contribution in [2.45, 2.75) is 112 Å². The monoisotopic (exact) mass is 350 g/mol. The summed E-state index contributed by atoms with van der Waals surface area (Å²) in [5, 5.41) is 10.7. The second-order valence-electron chi connectivity index (χ2n) is 8.71. The largest absolute Gasteiger partial charge is 0.377 e. The molecule has 1 heteroatoms. The Kier molecular flexibility index (Phi) is 12.6. The molecule has 0 saturated carbocycles. The molecule has 0 amide bonds. The van der Waals surface area contributed by atoms with Crippen LogP contribution in [0, 0.1) is 41.9 Å². The predicted octanol–water partition coefficient (Wildman–Crippen LogP) is 7.08. The van der Waals surface area contributed by atoms with E-state index in [2.05, 4.69) is 54.4 Å². The molecule has 0 rings (SSSR count). The van der Waals surface area contributed by atoms with Crippen LogP contribution in [0.4, 0.5) is 0 Å². The van der Waals surface area contributed by atoms with Crippen molar-refractivity contribution in [1.29, 1.82) is 0 Å². The molecule has 0 aromatic rings. The summed E-state index contributed by atoms with van der Waals surface area (Å²) in [7, 11) is 0. The van der Waals surface area contributed by atoms with E-state index >= 15 is 0 Å². The molecule has 0 aromatic carbocycles. The Bertz CT molecular complexity index is 369. The van der Waals surface area contributed by atoms with Crippen LogP contribution >= 0.6 is 0 Å². The lowest BCUT2D eigenvalue weighted by molar-refractivity contribution is 0.0312. The SMILES string of the molecule is C#CC(O)(CCCC(CCCC(C)C(C)CC)C(C)CC)C(C)CC. The average Bonchev–Trinajstić information content (AvgIpc) is 2.63. The topological polar surface area (TPSA) is 20.2 Å². The predicted molar refractivity (Wildman–Crippen MR) is 113 cm³/mol. The quantitative estimate of drug-likeness (QED) is 0.332. The van der Waals surface area contributed by atoms with Gasteiger partial charge in [0.25, 0.3) is 0 Å². The van der Waals surface area contributed by atoms with Crippen molar-refractivity contribution in [2.24, 2.45) is 29.6 Å². The maximum Gasteiger partial charge on any atom is 0.127 e. The van der Waals surface area contributed by atoms with Crippen LogP contribution in [0.3, 0.4) is 0 Å². The van der Waals surface area contributed by atoms with Gasteiger partial charge >= 0.3 is 0 Å². The fourth-order valence-electron chi connectivity index (χ4n) is 3.87. The fraction of sp³-hybridized carbons (Fsp3) is 0.917. The zero-order valence-electron chi connectivity index (χ0n) is 18.3. The molecule has 148 valence electrons. The van der Waals surface area contributed by atoms with Gasteiger partial charge in [-0.1, -0.05) is 92.9 Å². The van der Waals surface area contributed by atoms with Gasteiger partial charge in [-0.15, -0.1) is 6.42 Å². The molecule has 6 unspecified atom stereocenters. The Labute approximate surface area is 159 Å². The third kappa shape index (κ3) is 8.63. The van der Waals surface area contributed by atoms with E-state index in [4.69, 9.17) is 6.42 Å². The number of terminal acetylenes is 1. The van der Waals surface area contributed by atoms with Crippen LogP contribution < -0.4 is 0 Å². The maximum absolute atomic E-state index is 10.7. The van der Waals surface area contributed by atoms with Gasteiger partial charge in [0.05, 0.1) is 0 Å². The Balaban J connectivity index is 4.48. The molecule has 0 aliphatic rings. The smallest absolute Gasteiger partial charge is 0.127 e. The van der Waals surface area contributed by atoms with E-state index in [1.54, 1.807) is 0 Å². The van der Waals surface area contributed by atoms with Gasteiger partial charge in [0.15, 0.2) is 0 Å². The van der Waals surface area contributed by atoms with Crippen LogP contribution in [0.2, 0.25) is 0 Å². The van der Waals surface area contributed by atoms with Crippen molar-refractivity contribution >= 4 is 0 Å². The first kappa shape index (κ1) is 24.5. The van der Waals surface area contributed by atoms with E-state index in [-0.39, 0.29) is 5.92 Å². The number of hydrogen-bond donors (Lipinski definition) is 1. The lowest BCUT2D eigenvalue weighted by Crippen LogP contribution is -2.34. The minimum Gasteiger partial charge on any atom is -0.377 e. The van der Waals surface area contributed by atoms with Gasteiger partial charge in [0.2, 0.25) is 0 Å². The van der Waals surface area contributed by atoms with Gasteiger partial charge in [0.1, 0.15) is 5.60 Å². The molecule has 0 fully saturated rings. The van der Waals surface area contributed by atoms with E-state index < -0.39 is 5.60 Å². The summed E-state index contributed by atoms with van der Waals surface area (Å²) in [4.78, 5) is 0. The molecule has 6 atom stereocenters. The second kappa shape index (κ2) is 12.8. The van der Waals surface area contributed by atoms with Crippen molar-refractivity contribution in [2.75, 3.05) is 0 Å². The third-order valence-electron chi connectivity index (χ3n) is 7.11. The standard InChI is InChI=1S/C24H46O/c1-9-19(5)21(7)15-13-16-23(20(6)10-2)17-14-18-24(25,12-4)22(8)11-3/h4,19-23,25H,9-11,13-18H2,1-3,5-8H3. The zero-order valence-corrected chi connectivity index (χ0v) is 18.3. The molecule has 0 aromatic heterocycles. The Morgan fingerprint density at radius 2 is 1.36 bits per heavy atom. The van der Waals surface area contributed by atoms with Crippen LogP contribution in [0.5, 0.6) is 0 Å². The molecule has 0 bridgehead atoms. The lowest BCUT2D eigenvalue weighted by atomic mass is 9.78. The van der Waals surface area contributed by atoms with Gasteiger partial charge in [-0.3, -0.25) is 0 Å². The molecule has 0 saturated heterocycles.